The van der Waals surface area contributed by atoms with Crippen molar-refractivity contribution >= 4 is 37.5 Å². The lowest BCUT2D eigenvalue weighted by atomic mass is 10.0. The van der Waals surface area contributed by atoms with Gasteiger partial charge in [0, 0.05) is 37.3 Å². The first-order chi connectivity index (χ1) is 14.3. The summed E-state index contributed by atoms with van der Waals surface area (Å²) in [6.07, 6.45) is 0.960. The maximum absolute atomic E-state index is 14.3. The number of carbonyl (C=O) groups excluding carboxylic acids is 1. The fourth-order valence-corrected chi connectivity index (χ4v) is 6.23. The van der Waals surface area contributed by atoms with Gasteiger partial charge in [-0.2, -0.15) is 4.31 Å². The molecule has 1 aromatic carbocycles. The molecule has 1 N–H and O–H groups in total. The molecule has 1 atom stereocenters. The van der Waals surface area contributed by atoms with E-state index in [9.17, 15) is 17.6 Å². The van der Waals surface area contributed by atoms with Crippen LogP contribution in [0.4, 0.5) is 4.39 Å². The monoisotopic (exact) mass is 449 g/mol. The molecule has 1 fully saturated rings. The number of ether oxygens (including phenoxy) is 1. The zero-order valence-electron chi connectivity index (χ0n) is 16.4. The molecule has 0 aliphatic carbocycles. The van der Waals surface area contributed by atoms with Gasteiger partial charge in [-0.15, -0.1) is 11.3 Å². The van der Waals surface area contributed by atoms with Gasteiger partial charge in [0.1, 0.15) is 20.4 Å². The van der Waals surface area contributed by atoms with Crippen LogP contribution in [0.5, 0.6) is 0 Å². The van der Waals surface area contributed by atoms with E-state index in [-0.39, 0.29) is 30.5 Å². The number of aryl methyl sites for hydroxylation is 1. The number of hydrogen-bond acceptors (Lipinski definition) is 6. The molecule has 3 aromatic rings. The van der Waals surface area contributed by atoms with Crippen LogP contribution in [-0.2, 0) is 14.8 Å². The number of sulfonamides is 1. The van der Waals surface area contributed by atoms with Gasteiger partial charge >= 0.3 is 0 Å². The van der Waals surface area contributed by atoms with Gasteiger partial charge in [-0.3, -0.25) is 4.79 Å². The highest BCUT2D eigenvalue weighted by atomic mass is 32.2. The third-order valence-electron chi connectivity index (χ3n) is 4.99. The molecule has 1 aliphatic heterocycles. The number of aromatic nitrogens is 1. The number of benzene rings is 1. The summed E-state index contributed by atoms with van der Waals surface area (Å²) < 4.78 is 47.7. The van der Waals surface area contributed by atoms with Crippen LogP contribution in [0.1, 0.15) is 26.9 Å². The normalized spacial score (nSPS) is 17.9. The molecule has 7 nitrogen and oxygen atoms in total. The molecule has 30 heavy (non-hydrogen) atoms. The number of pyridine rings is 1. The Balaban J connectivity index is 1.75. The molecule has 0 radical (unpaired) electrons. The quantitative estimate of drug-likeness (QED) is 0.662. The maximum Gasteiger partial charge on any atom is 0.261 e. The van der Waals surface area contributed by atoms with E-state index in [4.69, 9.17) is 4.74 Å². The lowest BCUT2D eigenvalue weighted by molar-refractivity contribution is -0.00197. The summed E-state index contributed by atoms with van der Waals surface area (Å²) in [5.74, 6) is -1.08. The molecule has 0 bridgehead atoms. The van der Waals surface area contributed by atoms with E-state index in [2.05, 4.69) is 10.3 Å². The van der Waals surface area contributed by atoms with Crippen LogP contribution >= 0.6 is 11.3 Å². The summed E-state index contributed by atoms with van der Waals surface area (Å²) in [5.41, 5.74) is 1.25. The molecule has 1 aliphatic rings. The predicted molar refractivity (Wildman–Crippen MR) is 112 cm³/mol. The van der Waals surface area contributed by atoms with Crippen LogP contribution in [0.2, 0.25) is 0 Å². The average molecular weight is 450 g/mol. The first kappa shape index (κ1) is 20.9. The highest BCUT2D eigenvalue weighted by Gasteiger charge is 2.36. The van der Waals surface area contributed by atoms with Gasteiger partial charge in [-0.1, -0.05) is 12.1 Å². The van der Waals surface area contributed by atoms with E-state index in [0.29, 0.717) is 20.8 Å². The van der Waals surface area contributed by atoms with Crippen LogP contribution in [0.15, 0.2) is 41.4 Å². The lowest BCUT2D eigenvalue weighted by Gasteiger charge is -2.32. The molecule has 0 saturated carbocycles. The van der Waals surface area contributed by atoms with Gasteiger partial charge in [0.25, 0.3) is 5.91 Å². The summed E-state index contributed by atoms with van der Waals surface area (Å²) in [5, 5.41) is 3.35. The zero-order valence-corrected chi connectivity index (χ0v) is 18.0. The third-order valence-corrected chi connectivity index (χ3v) is 8.00. The summed E-state index contributed by atoms with van der Waals surface area (Å²) in [4.78, 5) is 17.5. The number of nitrogens with one attached hydrogen (secondary N) is 1. The predicted octanol–water partition coefficient (Wildman–Crippen LogP) is 2.87. The van der Waals surface area contributed by atoms with Crippen molar-refractivity contribution in [3.63, 3.8) is 0 Å². The van der Waals surface area contributed by atoms with Crippen molar-refractivity contribution in [2.45, 2.75) is 17.9 Å². The highest BCUT2D eigenvalue weighted by Crippen LogP contribution is 2.38. The first-order valence-electron chi connectivity index (χ1n) is 9.30. The van der Waals surface area contributed by atoms with Gasteiger partial charge < -0.3 is 10.1 Å². The molecule has 158 valence electrons. The van der Waals surface area contributed by atoms with Crippen molar-refractivity contribution in [1.82, 2.24) is 14.6 Å². The van der Waals surface area contributed by atoms with E-state index in [1.54, 1.807) is 19.2 Å². The topological polar surface area (TPSA) is 88.6 Å². The molecular formula is C20H20FN3O4S2. The average Bonchev–Trinajstić information content (AvgIpc) is 3.14. The first-order valence-corrected chi connectivity index (χ1v) is 11.6. The Bertz CT molecular complexity index is 1230. The van der Waals surface area contributed by atoms with Crippen molar-refractivity contribution in [3.8, 4) is 0 Å². The van der Waals surface area contributed by atoms with Crippen molar-refractivity contribution < 1.29 is 22.3 Å². The maximum atomic E-state index is 14.3. The van der Waals surface area contributed by atoms with Crippen LogP contribution in [0.3, 0.4) is 0 Å². The Kier molecular flexibility index (Phi) is 5.58. The second-order valence-corrected chi connectivity index (χ2v) is 9.84. The van der Waals surface area contributed by atoms with E-state index in [1.165, 1.54) is 34.8 Å². The molecule has 0 unspecified atom stereocenters. The van der Waals surface area contributed by atoms with E-state index >= 15 is 0 Å². The number of morpholine rings is 1. The molecule has 0 spiro atoms. The number of hydrogen-bond donors (Lipinski definition) is 1. The Hall–Kier alpha value is -2.40. The Morgan fingerprint density at radius 1 is 1.37 bits per heavy atom. The van der Waals surface area contributed by atoms with Crippen LogP contribution in [0.25, 0.3) is 10.2 Å². The second kappa shape index (κ2) is 8.03. The smallest absolute Gasteiger partial charge is 0.261 e. The third kappa shape index (κ3) is 3.60. The number of thiophene rings is 1. The molecule has 1 saturated heterocycles. The fraction of sp³-hybridized carbons (Fsp3) is 0.300. The van der Waals surface area contributed by atoms with Crippen molar-refractivity contribution in [2.24, 2.45) is 0 Å². The minimum absolute atomic E-state index is 0.0273. The minimum atomic E-state index is -4.07. The number of nitrogens with zero attached hydrogens (tertiary/aromatic N) is 2. The molecule has 3 heterocycles. The Labute approximate surface area is 177 Å². The largest absolute Gasteiger partial charge is 0.371 e. The highest BCUT2D eigenvalue weighted by molar-refractivity contribution is 7.89. The molecule has 2 aromatic heterocycles. The van der Waals surface area contributed by atoms with Gasteiger partial charge in [-0.05, 0) is 30.7 Å². The van der Waals surface area contributed by atoms with Crippen LogP contribution < -0.4 is 5.32 Å². The molecule has 10 heteroatoms. The van der Waals surface area contributed by atoms with Gasteiger partial charge in [0.05, 0.1) is 12.7 Å². The van der Waals surface area contributed by atoms with Crippen LogP contribution in [0, 0.1) is 12.7 Å². The number of amides is 1. The number of rotatable bonds is 4. The zero-order chi connectivity index (χ0) is 21.5. The summed E-state index contributed by atoms with van der Waals surface area (Å²) in [6, 6.07) is 7.59. The van der Waals surface area contributed by atoms with Crippen molar-refractivity contribution in [2.75, 3.05) is 26.7 Å². The van der Waals surface area contributed by atoms with E-state index in [1.807, 2.05) is 6.07 Å². The fourth-order valence-electron chi connectivity index (χ4n) is 3.52. The Morgan fingerprint density at radius 2 is 2.17 bits per heavy atom. The minimum Gasteiger partial charge on any atom is -0.371 e. The number of fused-ring (bicyclic) bond motifs is 1. The Morgan fingerprint density at radius 3 is 2.93 bits per heavy atom. The summed E-state index contributed by atoms with van der Waals surface area (Å²) in [6.45, 7) is 1.91. The standard InChI is InChI=1S/C20H20FN3O4S2/c1-12-5-6-14(21)16(10-12)30(26,27)24-8-9-28-15(11-24)17-13-4-3-7-23-20(13)29-18(17)19(25)22-2/h3-7,10,15H,8-9,11H2,1-2H3,(H,22,25)/t15-/m0/s1. The van der Waals surface area contributed by atoms with Gasteiger partial charge in [-0.25, -0.2) is 17.8 Å². The number of halogens is 1. The van der Waals surface area contributed by atoms with Crippen LogP contribution in [-0.4, -0.2) is 50.4 Å². The summed E-state index contributed by atoms with van der Waals surface area (Å²) in [7, 11) is -2.53. The number of carbonyl (C=O) groups is 1. The van der Waals surface area contributed by atoms with E-state index in [0.717, 1.165) is 11.5 Å². The molecule has 4 rings (SSSR count). The lowest BCUT2D eigenvalue weighted by Crippen LogP contribution is -2.42. The van der Waals surface area contributed by atoms with Gasteiger partial charge in [0.15, 0.2) is 0 Å². The SMILES string of the molecule is CNC(=O)c1sc2ncccc2c1[C@@H]1CN(S(=O)(=O)c2cc(C)ccc2F)CCO1. The van der Waals surface area contributed by atoms with Crippen molar-refractivity contribution in [3.05, 3.63) is 58.3 Å². The molecule has 1 amide bonds. The molecular weight excluding hydrogens is 429 g/mol. The van der Waals surface area contributed by atoms with Gasteiger partial charge in [0.2, 0.25) is 10.0 Å². The second-order valence-electron chi connectivity index (χ2n) is 6.94. The summed E-state index contributed by atoms with van der Waals surface area (Å²) >= 11 is 1.23. The van der Waals surface area contributed by atoms with E-state index < -0.39 is 21.9 Å². The van der Waals surface area contributed by atoms with Crippen molar-refractivity contribution in [1.29, 1.82) is 0 Å².